The van der Waals surface area contributed by atoms with E-state index in [0.717, 1.165) is 11.3 Å². The molecule has 3 aromatic rings. The van der Waals surface area contributed by atoms with Crippen LogP contribution in [0.4, 0.5) is 0 Å². The van der Waals surface area contributed by atoms with Crippen molar-refractivity contribution in [3.63, 3.8) is 0 Å². The topological polar surface area (TPSA) is 118 Å². The second-order valence-electron chi connectivity index (χ2n) is 5.70. The van der Waals surface area contributed by atoms with Crippen LogP contribution in [0.1, 0.15) is 21.9 Å². The van der Waals surface area contributed by atoms with E-state index in [2.05, 4.69) is 25.1 Å². The summed E-state index contributed by atoms with van der Waals surface area (Å²) < 4.78 is 28.2. The standard InChI is InChI=1S/C16H18N6O3S/c1-11-3-5-13(6-4-11)26(24,25)19-10-9-17-15(23)14-20-16-18-8-7-12(2)22(16)21-14/h3-8,19H,9-10H2,1-2H3,(H,17,23). The number of carbonyl (C=O) groups excluding carboxylic acids is 1. The molecule has 0 aliphatic rings. The molecule has 0 spiro atoms. The van der Waals surface area contributed by atoms with Gasteiger partial charge in [0.2, 0.25) is 15.8 Å². The van der Waals surface area contributed by atoms with Gasteiger partial charge in [-0.3, -0.25) is 4.79 Å². The number of benzene rings is 1. The van der Waals surface area contributed by atoms with E-state index in [9.17, 15) is 13.2 Å². The third-order valence-corrected chi connectivity index (χ3v) is 5.14. The number of nitrogens with one attached hydrogen (secondary N) is 2. The lowest BCUT2D eigenvalue weighted by atomic mass is 10.2. The fourth-order valence-corrected chi connectivity index (χ4v) is 3.28. The van der Waals surface area contributed by atoms with Crippen molar-refractivity contribution in [2.75, 3.05) is 13.1 Å². The molecule has 2 aromatic heterocycles. The van der Waals surface area contributed by atoms with Gasteiger partial charge in [0.25, 0.3) is 11.7 Å². The lowest BCUT2D eigenvalue weighted by Gasteiger charge is -2.07. The van der Waals surface area contributed by atoms with Gasteiger partial charge >= 0.3 is 0 Å². The summed E-state index contributed by atoms with van der Waals surface area (Å²) in [6.07, 6.45) is 1.58. The van der Waals surface area contributed by atoms with Crippen LogP contribution in [0.2, 0.25) is 0 Å². The van der Waals surface area contributed by atoms with E-state index >= 15 is 0 Å². The number of aryl methyl sites for hydroxylation is 2. The molecule has 0 fully saturated rings. The van der Waals surface area contributed by atoms with Crippen LogP contribution in [0.15, 0.2) is 41.4 Å². The molecule has 1 amide bonds. The second kappa shape index (κ2) is 7.18. The maximum Gasteiger partial charge on any atom is 0.291 e. The molecule has 9 nitrogen and oxygen atoms in total. The molecule has 2 heterocycles. The van der Waals surface area contributed by atoms with Crippen LogP contribution < -0.4 is 10.0 Å². The van der Waals surface area contributed by atoms with E-state index in [-0.39, 0.29) is 23.8 Å². The first-order valence-corrected chi connectivity index (χ1v) is 9.38. The van der Waals surface area contributed by atoms with Gasteiger partial charge in [-0.2, -0.15) is 4.98 Å². The average Bonchev–Trinajstić information content (AvgIpc) is 3.05. The molecule has 0 aliphatic carbocycles. The van der Waals surface area contributed by atoms with Crippen molar-refractivity contribution >= 4 is 21.7 Å². The lowest BCUT2D eigenvalue weighted by Crippen LogP contribution is -2.35. The summed E-state index contributed by atoms with van der Waals surface area (Å²) in [5.41, 5.74) is 1.77. The molecule has 0 saturated carbocycles. The van der Waals surface area contributed by atoms with Crippen LogP contribution in [0, 0.1) is 13.8 Å². The van der Waals surface area contributed by atoms with Crippen molar-refractivity contribution in [3.05, 3.63) is 53.6 Å². The van der Waals surface area contributed by atoms with Crippen molar-refractivity contribution in [3.8, 4) is 0 Å². The van der Waals surface area contributed by atoms with Crippen LogP contribution in [0.25, 0.3) is 5.78 Å². The second-order valence-corrected chi connectivity index (χ2v) is 7.47. The van der Waals surface area contributed by atoms with Gasteiger partial charge in [-0.15, -0.1) is 5.10 Å². The Morgan fingerprint density at radius 3 is 2.54 bits per heavy atom. The van der Waals surface area contributed by atoms with Crippen LogP contribution in [-0.2, 0) is 10.0 Å². The summed E-state index contributed by atoms with van der Waals surface area (Å²) in [7, 11) is -3.61. The normalized spacial score (nSPS) is 11.6. The Hall–Kier alpha value is -2.85. The zero-order chi connectivity index (χ0) is 18.7. The molecule has 26 heavy (non-hydrogen) atoms. The Labute approximate surface area is 150 Å². The van der Waals surface area contributed by atoms with Crippen molar-refractivity contribution in [2.24, 2.45) is 0 Å². The van der Waals surface area contributed by atoms with Gasteiger partial charge in [-0.25, -0.2) is 22.6 Å². The van der Waals surface area contributed by atoms with Crippen molar-refractivity contribution in [1.82, 2.24) is 29.6 Å². The molecule has 0 unspecified atom stereocenters. The van der Waals surface area contributed by atoms with Crippen molar-refractivity contribution in [1.29, 1.82) is 0 Å². The summed E-state index contributed by atoms with van der Waals surface area (Å²) in [6.45, 7) is 3.85. The van der Waals surface area contributed by atoms with E-state index in [4.69, 9.17) is 0 Å². The zero-order valence-electron chi connectivity index (χ0n) is 14.3. The van der Waals surface area contributed by atoms with Gasteiger partial charge in [0.05, 0.1) is 4.90 Å². The summed E-state index contributed by atoms with van der Waals surface area (Å²) in [6, 6.07) is 8.27. The third-order valence-electron chi connectivity index (χ3n) is 3.67. The van der Waals surface area contributed by atoms with Gasteiger partial charge < -0.3 is 5.32 Å². The summed E-state index contributed by atoms with van der Waals surface area (Å²) in [5, 5.41) is 6.67. The SMILES string of the molecule is Cc1ccc(S(=O)(=O)NCCNC(=O)c2nc3nccc(C)n3n2)cc1. The van der Waals surface area contributed by atoms with Crippen molar-refractivity contribution in [2.45, 2.75) is 18.7 Å². The number of aromatic nitrogens is 4. The Morgan fingerprint density at radius 2 is 1.85 bits per heavy atom. The minimum atomic E-state index is -3.61. The van der Waals surface area contributed by atoms with E-state index in [1.807, 2.05) is 13.8 Å². The molecular weight excluding hydrogens is 356 g/mol. The molecule has 0 saturated heterocycles. The van der Waals surface area contributed by atoms with Gasteiger partial charge in [-0.1, -0.05) is 17.7 Å². The van der Waals surface area contributed by atoms with E-state index in [1.54, 1.807) is 24.4 Å². The smallest absolute Gasteiger partial charge is 0.291 e. The number of amides is 1. The average molecular weight is 374 g/mol. The van der Waals surface area contributed by atoms with E-state index in [0.29, 0.717) is 5.78 Å². The minimum Gasteiger partial charge on any atom is -0.348 e. The van der Waals surface area contributed by atoms with Gasteiger partial charge in [0.1, 0.15) is 0 Å². The van der Waals surface area contributed by atoms with E-state index in [1.165, 1.54) is 16.6 Å². The molecule has 0 aliphatic heterocycles. The van der Waals surface area contributed by atoms with Crippen LogP contribution in [0.3, 0.4) is 0 Å². The molecule has 10 heteroatoms. The first-order valence-electron chi connectivity index (χ1n) is 7.90. The van der Waals surface area contributed by atoms with Crippen molar-refractivity contribution < 1.29 is 13.2 Å². The highest BCUT2D eigenvalue weighted by atomic mass is 32.2. The molecule has 1 aromatic carbocycles. The number of sulfonamides is 1. The van der Waals surface area contributed by atoms with Crippen LogP contribution >= 0.6 is 0 Å². The Bertz CT molecular complexity index is 1040. The lowest BCUT2D eigenvalue weighted by molar-refractivity contribution is 0.0944. The fourth-order valence-electron chi connectivity index (χ4n) is 2.24. The minimum absolute atomic E-state index is 0.0202. The molecule has 0 radical (unpaired) electrons. The molecule has 3 rings (SSSR count). The molecule has 0 atom stereocenters. The number of hydrogen-bond donors (Lipinski definition) is 2. The quantitative estimate of drug-likeness (QED) is 0.605. The first-order chi connectivity index (χ1) is 12.4. The maximum atomic E-state index is 12.2. The largest absolute Gasteiger partial charge is 0.348 e. The highest BCUT2D eigenvalue weighted by Gasteiger charge is 2.15. The van der Waals surface area contributed by atoms with Gasteiger partial charge in [-0.05, 0) is 32.0 Å². The predicted octanol–water partition coefficient (Wildman–Crippen LogP) is 0.449. The zero-order valence-corrected chi connectivity index (χ0v) is 15.1. The number of nitrogens with zero attached hydrogens (tertiary/aromatic N) is 4. The van der Waals surface area contributed by atoms with Gasteiger partial charge in [0.15, 0.2) is 0 Å². The highest BCUT2D eigenvalue weighted by molar-refractivity contribution is 7.89. The van der Waals surface area contributed by atoms with Gasteiger partial charge in [0, 0.05) is 25.0 Å². The molecule has 136 valence electrons. The highest BCUT2D eigenvalue weighted by Crippen LogP contribution is 2.09. The summed E-state index contributed by atoms with van der Waals surface area (Å²) in [4.78, 5) is 20.4. The maximum absolute atomic E-state index is 12.2. The van der Waals surface area contributed by atoms with E-state index < -0.39 is 15.9 Å². The number of rotatable bonds is 6. The number of fused-ring (bicyclic) bond motifs is 1. The molecular formula is C16H18N6O3S. The molecule has 2 N–H and O–H groups in total. The number of hydrogen-bond acceptors (Lipinski definition) is 6. The summed E-state index contributed by atoms with van der Waals surface area (Å²) >= 11 is 0. The first kappa shape index (κ1) is 18.0. The number of carbonyl (C=O) groups is 1. The third kappa shape index (κ3) is 3.86. The fraction of sp³-hybridized carbons (Fsp3) is 0.250. The Morgan fingerprint density at radius 1 is 1.12 bits per heavy atom. The summed E-state index contributed by atoms with van der Waals surface area (Å²) in [5.74, 6) is -0.187. The predicted molar refractivity (Wildman–Crippen MR) is 94.2 cm³/mol. The monoisotopic (exact) mass is 374 g/mol. The van der Waals surface area contributed by atoms with Crippen LogP contribution in [0.5, 0.6) is 0 Å². The Kier molecular flexibility index (Phi) is 4.96. The van der Waals surface area contributed by atoms with Crippen LogP contribution in [-0.4, -0.2) is 47.0 Å². The molecule has 0 bridgehead atoms. The Balaban J connectivity index is 1.56.